The maximum atomic E-state index is 5.09. The van der Waals surface area contributed by atoms with E-state index in [2.05, 4.69) is 18.0 Å². The summed E-state index contributed by atoms with van der Waals surface area (Å²) in [5.41, 5.74) is 2.48. The van der Waals surface area contributed by atoms with E-state index in [4.69, 9.17) is 4.74 Å². The Morgan fingerprint density at radius 3 is 2.45 bits per heavy atom. The van der Waals surface area contributed by atoms with Crippen LogP contribution >= 0.6 is 0 Å². The number of ether oxygens (including phenoxy) is 1. The summed E-state index contributed by atoms with van der Waals surface area (Å²) in [5.74, 6) is 0.645. The first kappa shape index (κ1) is 8.47. The molecule has 0 bridgehead atoms. The van der Waals surface area contributed by atoms with Gasteiger partial charge in [-0.05, 0) is 19.9 Å². The third-order valence-electron chi connectivity index (χ3n) is 2.07. The van der Waals surface area contributed by atoms with E-state index in [9.17, 15) is 0 Å². The second-order valence-corrected chi connectivity index (χ2v) is 2.99. The van der Waals surface area contributed by atoms with Crippen LogP contribution in [0, 0.1) is 5.92 Å². The van der Waals surface area contributed by atoms with Crippen LogP contribution in [0.25, 0.3) is 0 Å². The molecule has 1 fully saturated rings. The van der Waals surface area contributed by atoms with Gasteiger partial charge in [-0.25, -0.2) is 0 Å². The van der Waals surface area contributed by atoms with Gasteiger partial charge in [0.2, 0.25) is 0 Å². The molecule has 0 aromatic carbocycles. The summed E-state index contributed by atoms with van der Waals surface area (Å²) in [6.07, 6.45) is 2.13. The summed E-state index contributed by atoms with van der Waals surface area (Å²) in [7, 11) is 1.82. The Labute approximate surface area is 68.0 Å². The van der Waals surface area contributed by atoms with Crippen molar-refractivity contribution < 1.29 is 4.74 Å². The molecule has 0 spiro atoms. The van der Waals surface area contributed by atoms with Gasteiger partial charge in [-0.1, -0.05) is 5.57 Å². The van der Waals surface area contributed by atoms with Gasteiger partial charge in [0.1, 0.15) is 0 Å². The third-order valence-corrected chi connectivity index (χ3v) is 2.07. The molecular weight excluding hydrogens is 138 g/mol. The fourth-order valence-corrected chi connectivity index (χ4v) is 1.01. The first-order valence-corrected chi connectivity index (χ1v) is 3.93. The lowest BCUT2D eigenvalue weighted by atomic mass is 9.98. The van der Waals surface area contributed by atoms with Crippen molar-refractivity contribution in [2.75, 3.05) is 20.3 Å². The topological polar surface area (TPSA) is 21.6 Å². The van der Waals surface area contributed by atoms with Gasteiger partial charge in [-0.3, -0.25) is 4.99 Å². The van der Waals surface area contributed by atoms with E-state index in [-0.39, 0.29) is 0 Å². The minimum Gasteiger partial charge on any atom is -0.380 e. The smallest absolute Gasteiger partial charge is 0.0553 e. The fraction of sp³-hybridized carbons (Fsp3) is 0.667. The quantitative estimate of drug-likeness (QED) is 0.553. The summed E-state index contributed by atoms with van der Waals surface area (Å²) < 4.78 is 5.09. The largest absolute Gasteiger partial charge is 0.380 e. The molecule has 0 aromatic heterocycles. The molecule has 0 unspecified atom stereocenters. The Balaban J connectivity index is 2.50. The van der Waals surface area contributed by atoms with E-state index < -0.39 is 0 Å². The summed E-state index contributed by atoms with van der Waals surface area (Å²) >= 11 is 0. The van der Waals surface area contributed by atoms with Crippen LogP contribution < -0.4 is 0 Å². The molecule has 0 radical (unpaired) electrons. The van der Waals surface area contributed by atoms with Crippen LogP contribution in [0.2, 0.25) is 0 Å². The number of aliphatic imine (C=N–C) groups is 1. The average Bonchev–Trinajstić information content (AvgIpc) is 1.83. The molecule has 0 atom stereocenters. The molecule has 2 heteroatoms. The number of hydrogen-bond donors (Lipinski definition) is 0. The zero-order valence-corrected chi connectivity index (χ0v) is 7.42. The molecule has 1 saturated heterocycles. The summed E-state index contributed by atoms with van der Waals surface area (Å²) in [6, 6.07) is 0. The Morgan fingerprint density at radius 2 is 2.09 bits per heavy atom. The van der Waals surface area contributed by atoms with E-state index in [1.54, 1.807) is 0 Å². The molecule has 0 N–H and O–H groups in total. The minimum atomic E-state index is 0.645. The molecule has 1 rings (SSSR count). The fourth-order valence-electron chi connectivity index (χ4n) is 1.01. The van der Waals surface area contributed by atoms with Crippen LogP contribution in [-0.2, 0) is 4.74 Å². The van der Waals surface area contributed by atoms with Gasteiger partial charge in [-0.2, -0.15) is 0 Å². The van der Waals surface area contributed by atoms with Crippen molar-refractivity contribution in [3.63, 3.8) is 0 Å². The summed E-state index contributed by atoms with van der Waals surface area (Å²) in [5, 5.41) is 0. The summed E-state index contributed by atoms with van der Waals surface area (Å²) in [4.78, 5) is 4.07. The maximum absolute atomic E-state index is 5.09. The molecule has 0 saturated carbocycles. The highest BCUT2D eigenvalue weighted by molar-refractivity contribution is 5.93. The normalized spacial score (nSPS) is 21.7. The van der Waals surface area contributed by atoms with Gasteiger partial charge in [0.15, 0.2) is 0 Å². The molecule has 0 aromatic rings. The lowest BCUT2D eigenvalue weighted by Gasteiger charge is -2.26. The van der Waals surface area contributed by atoms with Crippen molar-refractivity contribution in [3.05, 3.63) is 11.6 Å². The molecule has 2 nitrogen and oxygen atoms in total. The molecule has 0 aliphatic carbocycles. The molecule has 11 heavy (non-hydrogen) atoms. The van der Waals surface area contributed by atoms with Gasteiger partial charge in [0, 0.05) is 18.7 Å². The highest BCUT2D eigenvalue weighted by atomic mass is 16.5. The Bertz CT molecular complexity index is 190. The number of nitrogens with zero attached hydrogens (tertiary/aromatic N) is 1. The Hall–Kier alpha value is -0.630. The standard InChI is InChI=1S/C9H15NO/c1-7(4-8(2)10-3)9-5-11-6-9/h4,9H,5-6H2,1-3H3/b7-4+,10-8?. The second kappa shape index (κ2) is 3.67. The second-order valence-electron chi connectivity index (χ2n) is 2.99. The number of rotatable bonds is 2. The van der Waals surface area contributed by atoms with Crippen LogP contribution in [0.4, 0.5) is 0 Å². The van der Waals surface area contributed by atoms with Crippen LogP contribution in [0.3, 0.4) is 0 Å². The molecule has 1 heterocycles. The van der Waals surface area contributed by atoms with Crippen molar-refractivity contribution >= 4 is 5.71 Å². The maximum Gasteiger partial charge on any atom is 0.0553 e. The van der Waals surface area contributed by atoms with Gasteiger partial charge in [-0.15, -0.1) is 0 Å². The third kappa shape index (κ3) is 2.15. The Kier molecular flexibility index (Phi) is 2.83. The average molecular weight is 153 g/mol. The predicted molar refractivity (Wildman–Crippen MR) is 47.1 cm³/mol. The predicted octanol–water partition coefficient (Wildman–Crippen LogP) is 1.67. The Morgan fingerprint density at radius 1 is 1.45 bits per heavy atom. The van der Waals surface area contributed by atoms with E-state index >= 15 is 0 Å². The zero-order valence-electron chi connectivity index (χ0n) is 7.42. The van der Waals surface area contributed by atoms with Gasteiger partial charge >= 0.3 is 0 Å². The van der Waals surface area contributed by atoms with Gasteiger partial charge in [0.25, 0.3) is 0 Å². The van der Waals surface area contributed by atoms with E-state index in [1.807, 2.05) is 14.0 Å². The van der Waals surface area contributed by atoms with Crippen LogP contribution in [0.15, 0.2) is 16.6 Å². The van der Waals surface area contributed by atoms with E-state index in [0.29, 0.717) is 5.92 Å². The van der Waals surface area contributed by atoms with Crippen molar-refractivity contribution in [1.29, 1.82) is 0 Å². The van der Waals surface area contributed by atoms with Crippen LogP contribution in [0.1, 0.15) is 13.8 Å². The van der Waals surface area contributed by atoms with Crippen molar-refractivity contribution in [2.45, 2.75) is 13.8 Å². The molecule has 1 aliphatic heterocycles. The molecular formula is C9H15NO. The summed E-state index contributed by atoms with van der Waals surface area (Å²) in [6.45, 7) is 5.93. The lowest BCUT2D eigenvalue weighted by Crippen LogP contribution is -2.28. The zero-order chi connectivity index (χ0) is 8.27. The van der Waals surface area contributed by atoms with Crippen molar-refractivity contribution in [2.24, 2.45) is 10.9 Å². The van der Waals surface area contributed by atoms with E-state index in [0.717, 1.165) is 18.9 Å². The SMILES string of the molecule is CN=C(C)/C=C(\C)C1COC1. The monoisotopic (exact) mass is 153 g/mol. The highest BCUT2D eigenvalue weighted by Crippen LogP contribution is 2.19. The molecule has 0 amide bonds. The van der Waals surface area contributed by atoms with Crippen molar-refractivity contribution in [1.82, 2.24) is 0 Å². The highest BCUT2D eigenvalue weighted by Gasteiger charge is 2.19. The number of hydrogen-bond acceptors (Lipinski definition) is 2. The lowest BCUT2D eigenvalue weighted by molar-refractivity contribution is -0.0131. The van der Waals surface area contributed by atoms with E-state index in [1.165, 1.54) is 5.57 Å². The minimum absolute atomic E-state index is 0.645. The van der Waals surface area contributed by atoms with Crippen LogP contribution in [0.5, 0.6) is 0 Å². The van der Waals surface area contributed by atoms with Gasteiger partial charge < -0.3 is 4.74 Å². The van der Waals surface area contributed by atoms with Crippen LogP contribution in [-0.4, -0.2) is 26.0 Å². The van der Waals surface area contributed by atoms with Crippen molar-refractivity contribution in [3.8, 4) is 0 Å². The molecule has 1 aliphatic rings. The first-order chi connectivity index (χ1) is 5.24. The molecule has 62 valence electrons. The first-order valence-electron chi connectivity index (χ1n) is 3.93. The van der Waals surface area contributed by atoms with Gasteiger partial charge in [0.05, 0.1) is 13.2 Å². The number of allylic oxidation sites excluding steroid dienone is 1.